The van der Waals surface area contributed by atoms with E-state index in [1.807, 2.05) is 0 Å². The van der Waals surface area contributed by atoms with Gasteiger partial charge in [-0.05, 0) is 47.3 Å². The highest BCUT2D eigenvalue weighted by molar-refractivity contribution is 9.10. The van der Waals surface area contributed by atoms with E-state index < -0.39 is 0 Å². The number of nitrogens with zero attached hydrogens (tertiary/aromatic N) is 2. The molecule has 5 heteroatoms. The fourth-order valence-corrected chi connectivity index (χ4v) is 3.45. The lowest BCUT2D eigenvalue weighted by Gasteiger charge is -2.14. The van der Waals surface area contributed by atoms with Crippen molar-refractivity contribution in [3.8, 4) is 10.7 Å². The predicted octanol–water partition coefficient (Wildman–Crippen LogP) is 5.22. The van der Waals surface area contributed by atoms with E-state index in [9.17, 15) is 0 Å². The molecule has 0 saturated carbocycles. The van der Waals surface area contributed by atoms with Gasteiger partial charge < -0.3 is 5.32 Å². The first-order chi connectivity index (χ1) is 9.52. The summed E-state index contributed by atoms with van der Waals surface area (Å²) in [5.41, 5.74) is 1.06. The van der Waals surface area contributed by atoms with Crippen molar-refractivity contribution in [3.05, 3.63) is 27.2 Å². The summed E-state index contributed by atoms with van der Waals surface area (Å²) in [5, 5.41) is 3.38. The summed E-state index contributed by atoms with van der Waals surface area (Å²) in [5.74, 6) is 2.06. The van der Waals surface area contributed by atoms with Gasteiger partial charge in [-0.2, -0.15) is 0 Å². The van der Waals surface area contributed by atoms with E-state index in [1.54, 1.807) is 11.3 Å². The molecule has 0 amide bonds. The van der Waals surface area contributed by atoms with E-state index in [1.165, 1.54) is 4.88 Å². The zero-order valence-corrected chi connectivity index (χ0v) is 14.7. The monoisotopic (exact) mass is 353 g/mol. The molecule has 0 aliphatic carbocycles. The number of hydrogen-bond donors (Lipinski definition) is 1. The molecule has 0 aromatic carbocycles. The predicted molar refractivity (Wildman–Crippen MR) is 90.7 cm³/mol. The lowest BCUT2D eigenvalue weighted by atomic mass is 10.1. The van der Waals surface area contributed by atoms with Crippen molar-refractivity contribution < 1.29 is 0 Å². The molecule has 0 fully saturated rings. The Balaban J connectivity index is 2.49. The number of anilines is 1. The van der Waals surface area contributed by atoms with Crippen LogP contribution in [0.3, 0.4) is 0 Å². The summed E-state index contributed by atoms with van der Waals surface area (Å²) in [6.45, 7) is 9.47. The van der Waals surface area contributed by atoms with Crippen molar-refractivity contribution in [2.45, 2.75) is 40.0 Å². The number of aryl methyl sites for hydroxylation is 1. The number of rotatable bonds is 5. The van der Waals surface area contributed by atoms with Gasteiger partial charge in [0.05, 0.1) is 15.0 Å². The lowest BCUT2D eigenvalue weighted by Crippen LogP contribution is -2.08. The lowest BCUT2D eigenvalue weighted by molar-refractivity contribution is 0.808. The van der Waals surface area contributed by atoms with Gasteiger partial charge in [0.25, 0.3) is 0 Å². The molecule has 1 N–H and O–H groups in total. The van der Waals surface area contributed by atoms with Gasteiger partial charge in [0.1, 0.15) is 5.82 Å². The van der Waals surface area contributed by atoms with Crippen LogP contribution in [0, 0.1) is 6.92 Å². The van der Waals surface area contributed by atoms with E-state index in [4.69, 9.17) is 4.98 Å². The first-order valence-corrected chi connectivity index (χ1v) is 8.52. The highest BCUT2D eigenvalue weighted by atomic mass is 79.9. The first-order valence-electron chi connectivity index (χ1n) is 6.91. The standard InChI is InChI=1S/C15H20BrN3S/c1-5-8-17-15-12(16)13(9(2)3)18-14(19-15)11-7-6-10(4)20-11/h6-7,9H,5,8H2,1-4H3,(H,17,18,19). The third-order valence-electron chi connectivity index (χ3n) is 2.93. The zero-order chi connectivity index (χ0) is 14.7. The number of hydrogen-bond acceptors (Lipinski definition) is 4. The molecule has 0 aliphatic rings. The molecule has 20 heavy (non-hydrogen) atoms. The van der Waals surface area contributed by atoms with Gasteiger partial charge in [0.2, 0.25) is 0 Å². The Kier molecular flexibility index (Phi) is 5.16. The molecule has 2 heterocycles. The maximum Gasteiger partial charge on any atom is 0.171 e. The molecular formula is C15H20BrN3S. The van der Waals surface area contributed by atoms with E-state index >= 15 is 0 Å². The van der Waals surface area contributed by atoms with Crippen LogP contribution in [0.1, 0.15) is 43.7 Å². The Morgan fingerprint density at radius 3 is 2.60 bits per heavy atom. The van der Waals surface area contributed by atoms with Crippen LogP contribution in [0.4, 0.5) is 5.82 Å². The molecule has 2 aromatic rings. The minimum Gasteiger partial charge on any atom is -0.369 e. The number of nitrogens with one attached hydrogen (secondary N) is 1. The van der Waals surface area contributed by atoms with Gasteiger partial charge in [0, 0.05) is 11.4 Å². The largest absolute Gasteiger partial charge is 0.369 e. The van der Waals surface area contributed by atoms with Crippen molar-refractivity contribution in [3.63, 3.8) is 0 Å². The molecule has 0 radical (unpaired) electrons. The maximum atomic E-state index is 4.74. The van der Waals surface area contributed by atoms with Crippen LogP contribution in [0.2, 0.25) is 0 Å². The minimum absolute atomic E-state index is 0.356. The second-order valence-electron chi connectivity index (χ2n) is 5.09. The zero-order valence-electron chi connectivity index (χ0n) is 12.3. The summed E-state index contributed by atoms with van der Waals surface area (Å²) < 4.78 is 0.984. The molecule has 3 nitrogen and oxygen atoms in total. The molecule has 0 spiro atoms. The first kappa shape index (κ1) is 15.4. The Morgan fingerprint density at radius 2 is 2.05 bits per heavy atom. The Morgan fingerprint density at radius 1 is 1.30 bits per heavy atom. The Labute approximate surface area is 133 Å². The molecule has 2 aromatic heterocycles. The van der Waals surface area contributed by atoms with Crippen LogP contribution >= 0.6 is 27.3 Å². The normalized spacial score (nSPS) is 11.1. The third kappa shape index (κ3) is 3.38. The number of thiophene rings is 1. The summed E-state index contributed by atoms with van der Waals surface area (Å²) in [7, 11) is 0. The molecule has 0 unspecified atom stereocenters. The van der Waals surface area contributed by atoms with Crippen LogP contribution in [0.25, 0.3) is 10.7 Å². The average molecular weight is 354 g/mol. The van der Waals surface area contributed by atoms with Crippen molar-refractivity contribution in [1.82, 2.24) is 9.97 Å². The van der Waals surface area contributed by atoms with Gasteiger partial charge >= 0.3 is 0 Å². The molecule has 108 valence electrons. The molecular weight excluding hydrogens is 334 g/mol. The van der Waals surface area contributed by atoms with E-state index in [-0.39, 0.29) is 0 Å². The summed E-state index contributed by atoms with van der Waals surface area (Å²) >= 11 is 5.37. The highest BCUT2D eigenvalue weighted by Gasteiger charge is 2.16. The Hall–Kier alpha value is -0.940. The van der Waals surface area contributed by atoms with Gasteiger partial charge in [-0.25, -0.2) is 9.97 Å². The van der Waals surface area contributed by atoms with Crippen LogP contribution in [-0.2, 0) is 0 Å². The van der Waals surface area contributed by atoms with Gasteiger partial charge in [-0.1, -0.05) is 20.8 Å². The van der Waals surface area contributed by atoms with Crippen molar-refractivity contribution >= 4 is 33.1 Å². The molecule has 0 aliphatic heterocycles. The highest BCUT2D eigenvalue weighted by Crippen LogP contribution is 2.33. The number of halogens is 1. The summed E-state index contributed by atoms with van der Waals surface area (Å²) in [6, 6.07) is 4.20. The quantitative estimate of drug-likeness (QED) is 0.800. The van der Waals surface area contributed by atoms with E-state index in [2.05, 4.69) is 66.1 Å². The van der Waals surface area contributed by atoms with Gasteiger partial charge in [0.15, 0.2) is 5.82 Å². The SMILES string of the molecule is CCCNc1nc(-c2ccc(C)s2)nc(C(C)C)c1Br. The molecule has 0 bridgehead atoms. The summed E-state index contributed by atoms with van der Waals surface area (Å²) in [6.07, 6.45) is 1.07. The average Bonchev–Trinajstić information content (AvgIpc) is 2.84. The van der Waals surface area contributed by atoms with Crippen molar-refractivity contribution in [2.24, 2.45) is 0 Å². The van der Waals surface area contributed by atoms with Gasteiger partial charge in [-0.3, -0.25) is 0 Å². The van der Waals surface area contributed by atoms with Crippen LogP contribution in [0.15, 0.2) is 16.6 Å². The molecule has 2 rings (SSSR count). The number of aromatic nitrogens is 2. The van der Waals surface area contributed by atoms with E-state index in [0.717, 1.165) is 39.7 Å². The fraction of sp³-hybridized carbons (Fsp3) is 0.467. The van der Waals surface area contributed by atoms with Crippen molar-refractivity contribution in [2.75, 3.05) is 11.9 Å². The second kappa shape index (κ2) is 6.68. The van der Waals surface area contributed by atoms with E-state index in [0.29, 0.717) is 5.92 Å². The Bertz CT molecular complexity index is 593. The van der Waals surface area contributed by atoms with Crippen LogP contribution < -0.4 is 5.32 Å². The van der Waals surface area contributed by atoms with Crippen LogP contribution in [0.5, 0.6) is 0 Å². The topological polar surface area (TPSA) is 37.8 Å². The second-order valence-corrected chi connectivity index (χ2v) is 7.17. The minimum atomic E-state index is 0.356. The van der Waals surface area contributed by atoms with Crippen LogP contribution in [-0.4, -0.2) is 16.5 Å². The molecule has 0 atom stereocenters. The van der Waals surface area contributed by atoms with Gasteiger partial charge in [-0.15, -0.1) is 11.3 Å². The molecule has 0 saturated heterocycles. The fourth-order valence-electron chi connectivity index (χ4n) is 1.87. The third-order valence-corrected chi connectivity index (χ3v) is 4.71. The smallest absolute Gasteiger partial charge is 0.171 e. The van der Waals surface area contributed by atoms with Crippen molar-refractivity contribution in [1.29, 1.82) is 0 Å². The summed E-state index contributed by atoms with van der Waals surface area (Å²) in [4.78, 5) is 11.8. The maximum absolute atomic E-state index is 4.74.